The van der Waals surface area contributed by atoms with Gasteiger partial charge >= 0.3 is 0 Å². The van der Waals surface area contributed by atoms with Crippen molar-refractivity contribution < 1.29 is 9.59 Å². The molecular weight excluding hydrogens is 340 g/mol. The maximum atomic E-state index is 12.8. The Bertz CT molecular complexity index is 1010. The van der Waals surface area contributed by atoms with Gasteiger partial charge in [0.05, 0.1) is 17.5 Å². The summed E-state index contributed by atoms with van der Waals surface area (Å²) in [5.74, 6) is -0.169. The Morgan fingerprint density at radius 2 is 1.89 bits per heavy atom. The molecule has 1 saturated heterocycles. The van der Waals surface area contributed by atoms with Crippen molar-refractivity contribution in [2.75, 3.05) is 13.1 Å². The van der Waals surface area contributed by atoms with E-state index >= 15 is 0 Å². The molecule has 0 spiro atoms. The molecule has 0 saturated carbocycles. The minimum Gasteiger partial charge on any atom is -0.347 e. The van der Waals surface area contributed by atoms with Crippen LogP contribution in [-0.4, -0.2) is 46.0 Å². The van der Waals surface area contributed by atoms with Crippen LogP contribution < -0.4 is 5.32 Å². The van der Waals surface area contributed by atoms with Crippen molar-refractivity contribution >= 4 is 22.6 Å². The lowest BCUT2D eigenvalue weighted by atomic mass is 10.0. The molecule has 1 atom stereocenters. The number of hydrogen-bond donors (Lipinski definition) is 1. The zero-order chi connectivity index (χ0) is 18.8. The Morgan fingerprint density at radius 1 is 1.07 bits per heavy atom. The second-order valence-corrected chi connectivity index (χ2v) is 6.77. The number of likely N-dealkylation sites (tertiary alicyclic amines) is 1. The van der Waals surface area contributed by atoms with Gasteiger partial charge in [-0.05, 0) is 36.2 Å². The second-order valence-electron chi connectivity index (χ2n) is 6.77. The van der Waals surface area contributed by atoms with Gasteiger partial charge < -0.3 is 10.2 Å². The van der Waals surface area contributed by atoms with E-state index in [1.165, 1.54) is 6.20 Å². The first kappa shape index (κ1) is 17.1. The van der Waals surface area contributed by atoms with Gasteiger partial charge in [0.15, 0.2) is 0 Å². The fourth-order valence-electron chi connectivity index (χ4n) is 3.55. The average Bonchev–Trinajstić information content (AvgIpc) is 3.16. The number of aromatic nitrogens is 2. The molecule has 2 amide bonds. The molecule has 3 aromatic rings. The van der Waals surface area contributed by atoms with Crippen molar-refractivity contribution in [2.45, 2.75) is 19.4 Å². The molecular formula is C21H20N4O2. The van der Waals surface area contributed by atoms with Crippen LogP contribution in [0.25, 0.3) is 10.8 Å². The van der Waals surface area contributed by atoms with Crippen LogP contribution in [0.4, 0.5) is 0 Å². The van der Waals surface area contributed by atoms with Gasteiger partial charge in [-0.15, -0.1) is 0 Å². The number of benzene rings is 2. The molecule has 1 aliphatic rings. The summed E-state index contributed by atoms with van der Waals surface area (Å²) in [6, 6.07) is 15.2. The molecule has 6 heteroatoms. The molecule has 2 aromatic carbocycles. The van der Waals surface area contributed by atoms with Crippen molar-refractivity contribution in [1.29, 1.82) is 0 Å². The molecule has 27 heavy (non-hydrogen) atoms. The van der Waals surface area contributed by atoms with Gasteiger partial charge in [0.25, 0.3) is 11.8 Å². The summed E-state index contributed by atoms with van der Waals surface area (Å²) in [6.45, 7) is 2.88. The SMILES string of the molecule is Cc1nnccc1C(=O)N1CC[C@@H](NC(=O)c2cccc3ccccc23)C1. The quantitative estimate of drug-likeness (QED) is 0.779. The van der Waals surface area contributed by atoms with Crippen LogP contribution in [0, 0.1) is 6.92 Å². The van der Waals surface area contributed by atoms with Crippen molar-refractivity contribution in [2.24, 2.45) is 0 Å². The highest BCUT2D eigenvalue weighted by molar-refractivity contribution is 6.07. The molecule has 6 nitrogen and oxygen atoms in total. The molecule has 1 fully saturated rings. The Kier molecular flexibility index (Phi) is 4.54. The topological polar surface area (TPSA) is 75.2 Å². The zero-order valence-electron chi connectivity index (χ0n) is 15.1. The van der Waals surface area contributed by atoms with Gasteiger partial charge in [0, 0.05) is 24.7 Å². The van der Waals surface area contributed by atoms with Gasteiger partial charge in [0.2, 0.25) is 0 Å². The number of aryl methyl sites for hydroxylation is 1. The van der Waals surface area contributed by atoms with Gasteiger partial charge in [-0.1, -0.05) is 36.4 Å². The highest BCUT2D eigenvalue weighted by Gasteiger charge is 2.29. The predicted molar refractivity (Wildman–Crippen MR) is 102 cm³/mol. The molecule has 0 aliphatic carbocycles. The summed E-state index contributed by atoms with van der Waals surface area (Å²) < 4.78 is 0. The lowest BCUT2D eigenvalue weighted by Gasteiger charge is -2.18. The number of carbonyl (C=O) groups is 2. The lowest BCUT2D eigenvalue weighted by molar-refractivity contribution is 0.0782. The Labute approximate surface area is 157 Å². The minimum atomic E-state index is -0.104. The fourth-order valence-corrected chi connectivity index (χ4v) is 3.55. The predicted octanol–water partition coefficient (Wildman–Crippen LogP) is 2.58. The molecule has 1 aromatic heterocycles. The van der Waals surface area contributed by atoms with E-state index in [0.29, 0.717) is 29.9 Å². The fraction of sp³-hybridized carbons (Fsp3) is 0.238. The Balaban J connectivity index is 1.46. The molecule has 1 N–H and O–H groups in total. The molecule has 0 unspecified atom stereocenters. The van der Waals surface area contributed by atoms with E-state index in [-0.39, 0.29) is 17.9 Å². The van der Waals surface area contributed by atoms with Crippen molar-refractivity contribution in [1.82, 2.24) is 20.4 Å². The number of rotatable bonds is 3. The number of nitrogens with one attached hydrogen (secondary N) is 1. The zero-order valence-corrected chi connectivity index (χ0v) is 15.1. The minimum absolute atomic E-state index is 0.0597. The van der Waals surface area contributed by atoms with Gasteiger partial charge in [-0.25, -0.2) is 0 Å². The van der Waals surface area contributed by atoms with Crippen LogP contribution in [0.15, 0.2) is 54.7 Å². The van der Waals surface area contributed by atoms with Gasteiger partial charge in [-0.3, -0.25) is 9.59 Å². The lowest BCUT2D eigenvalue weighted by Crippen LogP contribution is -2.38. The van der Waals surface area contributed by atoms with Crippen molar-refractivity contribution in [3.8, 4) is 0 Å². The van der Waals surface area contributed by atoms with Crippen molar-refractivity contribution in [3.05, 3.63) is 71.5 Å². The number of fused-ring (bicyclic) bond motifs is 1. The third-order valence-electron chi connectivity index (χ3n) is 4.98. The largest absolute Gasteiger partial charge is 0.347 e. The summed E-state index contributed by atoms with van der Waals surface area (Å²) in [5, 5.41) is 12.8. The first-order chi connectivity index (χ1) is 13.1. The van der Waals surface area contributed by atoms with Crippen LogP contribution in [0.3, 0.4) is 0 Å². The third-order valence-corrected chi connectivity index (χ3v) is 4.98. The molecule has 1 aliphatic heterocycles. The summed E-state index contributed by atoms with van der Waals surface area (Å²) in [6.07, 6.45) is 2.26. The van der Waals surface area contributed by atoms with Crippen molar-refractivity contribution in [3.63, 3.8) is 0 Å². The van der Waals surface area contributed by atoms with Crippen LogP contribution in [0.5, 0.6) is 0 Å². The standard InChI is InChI=1S/C21H20N4O2/c1-14-17(9-11-22-24-14)21(27)25-12-10-16(13-25)23-20(26)19-8-4-6-15-5-2-3-7-18(15)19/h2-9,11,16H,10,12-13H2,1H3,(H,23,26)/t16-/m1/s1. The molecule has 136 valence electrons. The normalized spacial score (nSPS) is 16.5. The van der Waals surface area contributed by atoms with Gasteiger partial charge in [0.1, 0.15) is 0 Å². The highest BCUT2D eigenvalue weighted by Crippen LogP contribution is 2.20. The Hall–Kier alpha value is -3.28. The van der Waals surface area contributed by atoms with Crippen LogP contribution in [0.2, 0.25) is 0 Å². The maximum absolute atomic E-state index is 12.8. The second kappa shape index (κ2) is 7.15. The average molecular weight is 360 g/mol. The monoisotopic (exact) mass is 360 g/mol. The van der Waals surface area contributed by atoms with E-state index < -0.39 is 0 Å². The van der Waals surface area contributed by atoms with Crippen LogP contribution >= 0.6 is 0 Å². The highest BCUT2D eigenvalue weighted by atomic mass is 16.2. The summed E-state index contributed by atoms with van der Waals surface area (Å²) in [5.41, 5.74) is 1.84. The molecule has 0 bridgehead atoms. The van der Waals surface area contributed by atoms with E-state index in [9.17, 15) is 9.59 Å². The third kappa shape index (κ3) is 3.38. The number of amides is 2. The number of hydrogen-bond acceptors (Lipinski definition) is 4. The van der Waals surface area contributed by atoms with E-state index in [4.69, 9.17) is 0 Å². The van der Waals surface area contributed by atoms with E-state index in [1.54, 1.807) is 17.9 Å². The summed E-state index contributed by atoms with van der Waals surface area (Å²) >= 11 is 0. The molecule has 2 heterocycles. The maximum Gasteiger partial charge on any atom is 0.255 e. The number of nitrogens with zero attached hydrogens (tertiary/aromatic N) is 3. The molecule has 4 rings (SSSR count). The smallest absolute Gasteiger partial charge is 0.255 e. The van der Waals surface area contributed by atoms with E-state index in [1.807, 2.05) is 42.5 Å². The molecule has 0 radical (unpaired) electrons. The van der Waals surface area contributed by atoms with Crippen LogP contribution in [-0.2, 0) is 0 Å². The van der Waals surface area contributed by atoms with E-state index in [0.717, 1.165) is 17.2 Å². The first-order valence-corrected chi connectivity index (χ1v) is 8.99. The first-order valence-electron chi connectivity index (χ1n) is 8.99. The van der Waals surface area contributed by atoms with E-state index in [2.05, 4.69) is 15.5 Å². The van der Waals surface area contributed by atoms with Crippen LogP contribution in [0.1, 0.15) is 32.8 Å². The summed E-state index contributed by atoms with van der Waals surface area (Å²) in [4.78, 5) is 27.2. The van der Waals surface area contributed by atoms with Gasteiger partial charge in [-0.2, -0.15) is 10.2 Å². The summed E-state index contributed by atoms with van der Waals surface area (Å²) in [7, 11) is 0. The number of carbonyl (C=O) groups excluding carboxylic acids is 2. The Morgan fingerprint density at radius 3 is 2.74 bits per heavy atom.